The lowest BCUT2D eigenvalue weighted by atomic mass is 9.95. The topological polar surface area (TPSA) is 109 Å². The van der Waals surface area contributed by atoms with Crippen LogP contribution in [0.5, 0.6) is 5.75 Å². The Kier molecular flexibility index (Phi) is 7.29. The molecule has 0 aliphatic carbocycles. The summed E-state index contributed by atoms with van der Waals surface area (Å²) in [7, 11) is 0. The Bertz CT molecular complexity index is 1640. The molecule has 1 N–H and O–H groups in total. The number of carbonyl (C=O) groups is 2. The molecule has 9 nitrogen and oxygen atoms in total. The van der Waals surface area contributed by atoms with Gasteiger partial charge >= 0.3 is 0 Å². The fourth-order valence-electron chi connectivity index (χ4n) is 5.09. The van der Waals surface area contributed by atoms with E-state index < -0.39 is 23.4 Å². The molecule has 0 bridgehead atoms. The zero-order chi connectivity index (χ0) is 28.3. The van der Waals surface area contributed by atoms with Crippen molar-refractivity contribution in [3.63, 3.8) is 0 Å². The van der Waals surface area contributed by atoms with Gasteiger partial charge in [0, 0.05) is 36.4 Å². The first kappa shape index (κ1) is 26.4. The molecule has 1 atom stereocenters. The average molecular weight is 552 g/mol. The fourth-order valence-corrected chi connectivity index (χ4v) is 5.09. The summed E-state index contributed by atoms with van der Waals surface area (Å²) in [5.41, 5.74) is 4.02. The number of Topliss-reactive ketones (excluding diaryl/α,β-unsaturated/α-hetero) is 1. The predicted octanol–water partition coefficient (Wildman–Crippen LogP) is 4.36. The van der Waals surface area contributed by atoms with Crippen LogP contribution in [0.3, 0.4) is 0 Å². The number of para-hydroxylation sites is 1. The van der Waals surface area contributed by atoms with Crippen LogP contribution < -0.4 is 10.1 Å². The molecule has 206 valence electrons. The molecule has 3 aromatic carbocycles. The molecule has 4 aromatic rings. The van der Waals surface area contributed by atoms with E-state index in [2.05, 4.69) is 15.3 Å². The second-order valence-electron chi connectivity index (χ2n) is 9.85. The maximum Gasteiger partial charge on any atom is 0.249 e. The second-order valence-corrected chi connectivity index (χ2v) is 9.85. The number of rotatable bonds is 7. The van der Waals surface area contributed by atoms with Crippen LogP contribution in [0.25, 0.3) is 16.9 Å². The van der Waals surface area contributed by atoms with Gasteiger partial charge in [0.25, 0.3) is 0 Å². The highest BCUT2D eigenvalue weighted by Gasteiger charge is 2.36. The number of ether oxygens (including phenoxy) is 2. The summed E-state index contributed by atoms with van der Waals surface area (Å²) in [5, 5.41) is 17.0. The van der Waals surface area contributed by atoms with Gasteiger partial charge in [0.2, 0.25) is 11.7 Å². The molecule has 3 heterocycles. The van der Waals surface area contributed by atoms with E-state index in [0.29, 0.717) is 30.2 Å². The van der Waals surface area contributed by atoms with Crippen LogP contribution >= 0.6 is 0 Å². The van der Waals surface area contributed by atoms with Crippen molar-refractivity contribution >= 4 is 17.4 Å². The SMILES string of the molecule is N#CC(C(=O)Nc1ccc(F)cc1)C(=O)c1nn(-c2ccccc2)c2c1COc1ccc(CN3CCOCC3)cc1-2. The normalized spacial score (nSPS) is 15.1. The van der Waals surface area contributed by atoms with Gasteiger partial charge in [-0.2, -0.15) is 10.4 Å². The van der Waals surface area contributed by atoms with Crippen LogP contribution in [0.4, 0.5) is 10.1 Å². The number of anilines is 1. The number of amides is 1. The second kappa shape index (κ2) is 11.3. The lowest BCUT2D eigenvalue weighted by Crippen LogP contribution is -2.35. The Morgan fingerprint density at radius 2 is 1.80 bits per heavy atom. The van der Waals surface area contributed by atoms with Crippen LogP contribution in [0.15, 0.2) is 72.8 Å². The van der Waals surface area contributed by atoms with E-state index in [9.17, 15) is 19.2 Å². The van der Waals surface area contributed by atoms with E-state index in [1.165, 1.54) is 24.3 Å². The third kappa shape index (κ3) is 5.33. The number of aromatic nitrogens is 2. The predicted molar refractivity (Wildman–Crippen MR) is 148 cm³/mol. The Labute approximate surface area is 235 Å². The molecular formula is C31H26FN5O4. The summed E-state index contributed by atoms with van der Waals surface area (Å²) >= 11 is 0. The first-order valence-electron chi connectivity index (χ1n) is 13.3. The highest BCUT2D eigenvalue weighted by Crippen LogP contribution is 2.41. The van der Waals surface area contributed by atoms with Crippen molar-refractivity contribution in [2.45, 2.75) is 13.2 Å². The molecule has 1 amide bonds. The highest BCUT2D eigenvalue weighted by molar-refractivity contribution is 6.15. The number of nitrogens with zero attached hydrogens (tertiary/aromatic N) is 4. The molecule has 0 saturated carbocycles. The summed E-state index contributed by atoms with van der Waals surface area (Å²) < 4.78 is 26.5. The van der Waals surface area contributed by atoms with Gasteiger partial charge in [-0.15, -0.1) is 0 Å². The monoisotopic (exact) mass is 551 g/mol. The number of hydrogen-bond acceptors (Lipinski definition) is 7. The zero-order valence-corrected chi connectivity index (χ0v) is 22.0. The summed E-state index contributed by atoms with van der Waals surface area (Å²) in [5.74, 6) is -3.04. The Morgan fingerprint density at radius 3 is 2.54 bits per heavy atom. The number of nitrogens with one attached hydrogen (secondary N) is 1. The van der Waals surface area contributed by atoms with Crippen LogP contribution in [0.1, 0.15) is 21.6 Å². The molecule has 6 rings (SSSR count). The summed E-state index contributed by atoms with van der Waals surface area (Å²) in [6.07, 6.45) is 0. The number of ketones is 1. The van der Waals surface area contributed by atoms with E-state index in [4.69, 9.17) is 9.47 Å². The molecule has 0 spiro atoms. The summed E-state index contributed by atoms with van der Waals surface area (Å²) in [6.45, 7) is 3.86. The number of nitriles is 1. The number of morpholine rings is 1. The van der Waals surface area contributed by atoms with Crippen molar-refractivity contribution in [3.05, 3.63) is 95.4 Å². The molecule has 1 aromatic heterocycles. The van der Waals surface area contributed by atoms with Crippen LogP contribution in [0, 0.1) is 23.1 Å². The molecule has 1 saturated heterocycles. The van der Waals surface area contributed by atoms with Crippen molar-refractivity contribution in [1.29, 1.82) is 5.26 Å². The van der Waals surface area contributed by atoms with E-state index in [1.807, 2.05) is 54.6 Å². The van der Waals surface area contributed by atoms with Gasteiger partial charge in [-0.25, -0.2) is 9.07 Å². The third-order valence-electron chi connectivity index (χ3n) is 7.16. The Hall–Kier alpha value is -4.85. The maximum atomic E-state index is 13.7. The van der Waals surface area contributed by atoms with Crippen molar-refractivity contribution in [2.75, 3.05) is 31.6 Å². The largest absolute Gasteiger partial charge is 0.488 e. The molecule has 0 radical (unpaired) electrons. The lowest BCUT2D eigenvalue weighted by molar-refractivity contribution is -0.117. The smallest absolute Gasteiger partial charge is 0.249 e. The Morgan fingerprint density at radius 1 is 1.05 bits per heavy atom. The number of carbonyl (C=O) groups excluding carboxylic acids is 2. The molecule has 1 unspecified atom stereocenters. The van der Waals surface area contributed by atoms with Gasteiger partial charge in [-0.1, -0.05) is 24.3 Å². The third-order valence-corrected chi connectivity index (χ3v) is 7.16. The molecule has 1 fully saturated rings. The number of fused-ring (bicyclic) bond motifs is 3. The van der Waals surface area contributed by atoms with Gasteiger partial charge in [-0.3, -0.25) is 14.5 Å². The van der Waals surface area contributed by atoms with Gasteiger partial charge in [-0.05, 0) is 54.1 Å². The Balaban J connectivity index is 1.39. The average Bonchev–Trinajstić information content (AvgIpc) is 3.40. The summed E-state index contributed by atoms with van der Waals surface area (Å²) in [6, 6.07) is 22.3. The van der Waals surface area contributed by atoms with E-state index in [1.54, 1.807) is 4.68 Å². The molecule has 2 aliphatic heterocycles. The minimum Gasteiger partial charge on any atom is -0.488 e. The van der Waals surface area contributed by atoms with Crippen molar-refractivity contribution in [3.8, 4) is 28.8 Å². The van der Waals surface area contributed by atoms with Crippen molar-refractivity contribution in [1.82, 2.24) is 14.7 Å². The quantitative estimate of drug-likeness (QED) is 0.268. The highest BCUT2D eigenvalue weighted by atomic mass is 19.1. The fraction of sp³-hybridized carbons (Fsp3) is 0.226. The number of hydrogen-bond donors (Lipinski definition) is 1. The maximum absolute atomic E-state index is 13.7. The minimum absolute atomic E-state index is 0.00566. The molecule has 2 aliphatic rings. The van der Waals surface area contributed by atoms with E-state index in [-0.39, 0.29) is 18.0 Å². The first-order valence-corrected chi connectivity index (χ1v) is 13.3. The minimum atomic E-state index is -1.67. The molecule has 41 heavy (non-hydrogen) atoms. The van der Waals surface area contributed by atoms with Crippen LogP contribution in [0.2, 0.25) is 0 Å². The molecule has 10 heteroatoms. The van der Waals surface area contributed by atoms with E-state index >= 15 is 0 Å². The van der Waals surface area contributed by atoms with Crippen molar-refractivity contribution in [2.24, 2.45) is 5.92 Å². The van der Waals surface area contributed by atoms with Crippen LogP contribution in [-0.4, -0.2) is 52.7 Å². The zero-order valence-electron chi connectivity index (χ0n) is 22.0. The molecular weight excluding hydrogens is 525 g/mol. The first-order chi connectivity index (χ1) is 20.0. The summed E-state index contributed by atoms with van der Waals surface area (Å²) in [4.78, 5) is 29.0. The van der Waals surface area contributed by atoms with Crippen molar-refractivity contribution < 1.29 is 23.5 Å². The standard InChI is InChI=1S/C31H26FN5O4/c32-21-7-9-22(10-8-21)34-31(39)25(17-33)30(38)28-26-19-41-27-11-6-20(18-36-12-14-40-15-13-36)16-24(27)29(26)37(35-28)23-4-2-1-3-5-23/h1-11,16,25H,12-15,18-19H2,(H,34,39). The number of benzene rings is 3. The van der Waals surface area contributed by atoms with E-state index in [0.717, 1.165) is 36.4 Å². The van der Waals surface area contributed by atoms with Gasteiger partial charge in [0.1, 0.15) is 23.9 Å². The van der Waals surface area contributed by atoms with Crippen LogP contribution in [-0.2, 0) is 22.7 Å². The van der Waals surface area contributed by atoms with Gasteiger partial charge in [0.05, 0.1) is 30.7 Å². The number of halogens is 1. The lowest BCUT2D eigenvalue weighted by Gasteiger charge is -2.27. The van der Waals surface area contributed by atoms with Gasteiger partial charge < -0.3 is 14.8 Å². The van der Waals surface area contributed by atoms with Gasteiger partial charge in [0.15, 0.2) is 5.92 Å².